The van der Waals surface area contributed by atoms with E-state index in [1.165, 1.54) is 6.92 Å². The van der Waals surface area contributed by atoms with Gasteiger partial charge in [-0.3, -0.25) is 9.59 Å². The molecule has 0 heterocycles. The van der Waals surface area contributed by atoms with Crippen molar-refractivity contribution >= 4 is 40.0 Å². The van der Waals surface area contributed by atoms with E-state index in [1.807, 2.05) is 12.1 Å². The summed E-state index contributed by atoms with van der Waals surface area (Å²) in [5.74, 6) is -2.53. The molecular formula is C13H11IN2O2. The molecule has 0 aliphatic carbocycles. The van der Waals surface area contributed by atoms with Crippen LogP contribution in [0, 0.1) is 20.8 Å². The highest BCUT2D eigenvalue weighted by atomic mass is 127. The van der Waals surface area contributed by atoms with Crippen LogP contribution in [-0.2, 0) is 9.59 Å². The number of amides is 1. The van der Waals surface area contributed by atoms with Crippen LogP contribution in [-0.4, -0.2) is 11.7 Å². The van der Waals surface area contributed by atoms with Crippen LogP contribution in [0.25, 0.3) is 0 Å². The quantitative estimate of drug-likeness (QED) is 0.513. The molecule has 5 heteroatoms. The molecule has 92 valence electrons. The molecule has 1 amide bonds. The highest BCUT2D eigenvalue weighted by molar-refractivity contribution is 14.1. The number of anilines is 1. The van der Waals surface area contributed by atoms with Gasteiger partial charge in [0.2, 0.25) is 5.91 Å². The molecule has 18 heavy (non-hydrogen) atoms. The first-order valence-electron chi connectivity index (χ1n) is 5.11. The van der Waals surface area contributed by atoms with Crippen molar-refractivity contribution in [3.05, 3.63) is 40.0 Å². The van der Waals surface area contributed by atoms with E-state index in [4.69, 9.17) is 5.26 Å². The molecule has 0 spiro atoms. The number of rotatable bonds is 4. The number of hydrogen-bond donors (Lipinski definition) is 1. The Hall–Kier alpha value is -1.68. The Kier molecular flexibility index (Phi) is 5.04. The fraction of sp³-hybridized carbons (Fsp3) is 0.154. The van der Waals surface area contributed by atoms with E-state index >= 15 is 0 Å². The van der Waals surface area contributed by atoms with Crippen molar-refractivity contribution in [3.8, 4) is 6.07 Å². The molecule has 1 unspecified atom stereocenters. The maximum absolute atomic E-state index is 11.8. The molecule has 0 aliphatic rings. The Morgan fingerprint density at radius 2 is 1.94 bits per heavy atom. The van der Waals surface area contributed by atoms with Crippen molar-refractivity contribution in [1.82, 2.24) is 0 Å². The van der Waals surface area contributed by atoms with E-state index in [1.54, 1.807) is 18.2 Å². The number of hydrogen-bond acceptors (Lipinski definition) is 3. The summed E-state index contributed by atoms with van der Waals surface area (Å²) >= 11 is 2.14. The first-order chi connectivity index (χ1) is 8.45. The van der Waals surface area contributed by atoms with Gasteiger partial charge < -0.3 is 5.32 Å². The van der Waals surface area contributed by atoms with E-state index in [0.29, 0.717) is 5.69 Å². The van der Waals surface area contributed by atoms with Gasteiger partial charge in [0.1, 0.15) is 0 Å². The van der Waals surface area contributed by atoms with Crippen LogP contribution in [0.4, 0.5) is 5.69 Å². The smallest absolute Gasteiger partial charge is 0.249 e. The monoisotopic (exact) mass is 354 g/mol. The van der Waals surface area contributed by atoms with Crippen molar-refractivity contribution in [1.29, 1.82) is 5.26 Å². The zero-order valence-electron chi connectivity index (χ0n) is 9.74. The zero-order chi connectivity index (χ0) is 13.7. The zero-order valence-corrected chi connectivity index (χ0v) is 11.9. The van der Waals surface area contributed by atoms with Crippen molar-refractivity contribution in [2.75, 3.05) is 5.32 Å². The van der Waals surface area contributed by atoms with Crippen LogP contribution in [0.5, 0.6) is 0 Å². The Morgan fingerprint density at radius 1 is 1.39 bits per heavy atom. The summed E-state index contributed by atoms with van der Waals surface area (Å²) in [5, 5.41) is 11.4. The van der Waals surface area contributed by atoms with Gasteiger partial charge in [-0.1, -0.05) is 6.58 Å². The van der Waals surface area contributed by atoms with Crippen molar-refractivity contribution in [2.24, 2.45) is 5.92 Å². The number of benzene rings is 1. The SMILES string of the molecule is C=C(C)C(=O)C(C#N)C(=O)Nc1ccc(I)cc1. The van der Waals surface area contributed by atoms with Crippen LogP contribution >= 0.6 is 22.6 Å². The number of carbonyl (C=O) groups excluding carboxylic acids is 2. The maximum atomic E-state index is 11.8. The summed E-state index contributed by atoms with van der Waals surface area (Å²) in [6.45, 7) is 4.92. The predicted molar refractivity (Wildman–Crippen MR) is 76.7 cm³/mol. The van der Waals surface area contributed by atoms with Gasteiger partial charge in [0, 0.05) is 9.26 Å². The second kappa shape index (κ2) is 6.31. The van der Waals surface area contributed by atoms with E-state index in [-0.39, 0.29) is 5.57 Å². The van der Waals surface area contributed by atoms with Gasteiger partial charge in [0.05, 0.1) is 6.07 Å². The number of allylic oxidation sites excluding steroid dienone is 1. The molecule has 1 rings (SSSR count). The second-order valence-electron chi connectivity index (χ2n) is 3.70. The number of nitrogens with one attached hydrogen (secondary N) is 1. The minimum Gasteiger partial charge on any atom is -0.325 e. The number of halogens is 1. The lowest BCUT2D eigenvalue weighted by atomic mass is 10.00. The second-order valence-corrected chi connectivity index (χ2v) is 4.95. The van der Waals surface area contributed by atoms with E-state index in [0.717, 1.165) is 3.57 Å². The Balaban J connectivity index is 2.81. The minimum atomic E-state index is -1.35. The third-order valence-corrected chi connectivity index (χ3v) is 2.91. The first kappa shape index (κ1) is 14.4. The lowest BCUT2D eigenvalue weighted by Crippen LogP contribution is -2.28. The van der Waals surface area contributed by atoms with E-state index in [9.17, 15) is 9.59 Å². The molecule has 0 saturated heterocycles. The number of Topliss-reactive ketones (excluding diaryl/α,β-unsaturated/α-hetero) is 1. The highest BCUT2D eigenvalue weighted by Gasteiger charge is 2.26. The van der Waals surface area contributed by atoms with Gasteiger partial charge >= 0.3 is 0 Å². The molecule has 0 saturated carbocycles. The summed E-state index contributed by atoms with van der Waals surface area (Å²) in [6.07, 6.45) is 0. The van der Waals surface area contributed by atoms with Gasteiger partial charge in [0.15, 0.2) is 11.7 Å². The van der Waals surface area contributed by atoms with E-state index < -0.39 is 17.6 Å². The van der Waals surface area contributed by atoms with Crippen molar-refractivity contribution < 1.29 is 9.59 Å². The maximum Gasteiger partial charge on any atom is 0.249 e. The highest BCUT2D eigenvalue weighted by Crippen LogP contribution is 2.13. The largest absolute Gasteiger partial charge is 0.325 e. The molecule has 0 bridgehead atoms. The van der Waals surface area contributed by atoms with Crippen LogP contribution in [0.3, 0.4) is 0 Å². The van der Waals surface area contributed by atoms with Crippen molar-refractivity contribution in [2.45, 2.75) is 6.92 Å². The third-order valence-electron chi connectivity index (χ3n) is 2.19. The molecule has 1 atom stereocenters. The fourth-order valence-corrected chi connectivity index (χ4v) is 1.59. The summed E-state index contributed by atoms with van der Waals surface area (Å²) in [4.78, 5) is 23.4. The lowest BCUT2D eigenvalue weighted by Gasteiger charge is -2.09. The predicted octanol–water partition coefficient (Wildman–Crippen LogP) is 2.51. The molecule has 1 aromatic carbocycles. The van der Waals surface area contributed by atoms with Crippen LogP contribution in [0.1, 0.15) is 6.92 Å². The summed E-state index contributed by atoms with van der Waals surface area (Å²) in [7, 11) is 0. The number of nitriles is 1. The molecule has 1 N–H and O–H groups in total. The van der Waals surface area contributed by atoms with Gasteiger partial charge in [-0.25, -0.2) is 0 Å². The normalized spacial score (nSPS) is 11.2. The molecular weight excluding hydrogens is 343 g/mol. The van der Waals surface area contributed by atoms with Gasteiger partial charge in [-0.05, 0) is 59.4 Å². The Bertz CT molecular complexity index is 529. The van der Waals surface area contributed by atoms with Crippen LogP contribution in [0.15, 0.2) is 36.4 Å². The molecule has 0 radical (unpaired) electrons. The topological polar surface area (TPSA) is 70.0 Å². The summed E-state index contributed by atoms with van der Waals surface area (Å²) < 4.78 is 1.03. The van der Waals surface area contributed by atoms with Gasteiger partial charge in [-0.15, -0.1) is 0 Å². The van der Waals surface area contributed by atoms with Crippen LogP contribution in [0.2, 0.25) is 0 Å². The molecule has 0 aliphatic heterocycles. The molecule has 4 nitrogen and oxygen atoms in total. The average molecular weight is 354 g/mol. The van der Waals surface area contributed by atoms with E-state index in [2.05, 4.69) is 34.5 Å². The summed E-state index contributed by atoms with van der Waals surface area (Å²) in [5.41, 5.74) is 0.745. The van der Waals surface area contributed by atoms with Gasteiger partial charge in [-0.2, -0.15) is 5.26 Å². The lowest BCUT2D eigenvalue weighted by molar-refractivity contribution is -0.126. The Labute approximate surface area is 119 Å². The van der Waals surface area contributed by atoms with Gasteiger partial charge in [0.25, 0.3) is 0 Å². The fourth-order valence-electron chi connectivity index (χ4n) is 1.23. The van der Waals surface area contributed by atoms with Crippen molar-refractivity contribution in [3.63, 3.8) is 0 Å². The molecule has 1 aromatic rings. The van der Waals surface area contributed by atoms with Crippen LogP contribution < -0.4 is 5.32 Å². The molecule has 0 fully saturated rings. The standard InChI is InChI=1S/C13H11IN2O2/c1-8(2)12(17)11(7-15)13(18)16-10-5-3-9(14)4-6-10/h3-6,11H,1H2,2H3,(H,16,18). The number of carbonyl (C=O) groups is 2. The summed E-state index contributed by atoms with van der Waals surface area (Å²) in [6, 6.07) is 8.74. The molecule has 0 aromatic heterocycles. The number of nitrogens with zero attached hydrogens (tertiary/aromatic N) is 1. The Morgan fingerprint density at radius 3 is 2.39 bits per heavy atom. The third kappa shape index (κ3) is 3.67. The number of ketones is 1. The first-order valence-corrected chi connectivity index (χ1v) is 6.19. The average Bonchev–Trinajstić information content (AvgIpc) is 2.32. The minimum absolute atomic E-state index is 0.194.